The number of rotatable bonds is 13. The maximum atomic E-state index is 12.5. The minimum absolute atomic E-state index is 0.192. The molecule has 0 saturated carbocycles. The van der Waals surface area contributed by atoms with Gasteiger partial charge in [0.2, 0.25) is 16.0 Å². The Hall–Kier alpha value is -2.53. The van der Waals surface area contributed by atoms with Crippen LogP contribution in [-0.4, -0.2) is 53.4 Å². The summed E-state index contributed by atoms with van der Waals surface area (Å²) in [6, 6.07) is 3.03. The van der Waals surface area contributed by atoms with Crippen LogP contribution >= 0.6 is 23.3 Å². The zero-order chi connectivity index (χ0) is 22.6. The van der Waals surface area contributed by atoms with E-state index in [2.05, 4.69) is 21.6 Å². The van der Waals surface area contributed by atoms with Crippen molar-refractivity contribution >= 4 is 40.3 Å². The fourth-order valence-electron chi connectivity index (χ4n) is 2.39. The number of esters is 1. The van der Waals surface area contributed by atoms with Gasteiger partial charge in [-0.15, -0.1) is 0 Å². The normalized spacial score (nSPS) is 10.5. The monoisotopic (exact) mass is 469 g/mol. The number of hydrogen-bond donors (Lipinski definition) is 1. The van der Waals surface area contributed by atoms with E-state index >= 15 is 0 Å². The van der Waals surface area contributed by atoms with Crippen LogP contribution in [-0.2, 0) is 9.53 Å². The lowest BCUT2D eigenvalue weighted by Crippen LogP contribution is -2.21. The van der Waals surface area contributed by atoms with E-state index in [9.17, 15) is 9.59 Å². The molecule has 0 unspecified atom stereocenters. The van der Waals surface area contributed by atoms with E-state index in [4.69, 9.17) is 18.9 Å². The van der Waals surface area contributed by atoms with Gasteiger partial charge in [-0.1, -0.05) is 18.7 Å². The van der Waals surface area contributed by atoms with E-state index in [0.29, 0.717) is 47.4 Å². The first kappa shape index (κ1) is 24.7. The third-order valence-electron chi connectivity index (χ3n) is 3.57. The number of hydrogen-bond acceptors (Lipinski definition) is 10. The number of anilines is 1. The van der Waals surface area contributed by atoms with Gasteiger partial charge in [-0.3, -0.25) is 10.1 Å². The van der Waals surface area contributed by atoms with Crippen LogP contribution in [0, 0.1) is 0 Å². The highest BCUT2D eigenvalue weighted by atomic mass is 32.2. The number of amides is 1. The molecule has 0 aliphatic rings. The Balaban J connectivity index is 2.03. The van der Waals surface area contributed by atoms with Crippen LogP contribution in [0.25, 0.3) is 0 Å². The van der Waals surface area contributed by atoms with E-state index in [1.165, 1.54) is 23.9 Å². The highest BCUT2D eigenvalue weighted by molar-refractivity contribution is 7.99. The van der Waals surface area contributed by atoms with Crippen molar-refractivity contribution < 1.29 is 28.5 Å². The summed E-state index contributed by atoms with van der Waals surface area (Å²) in [6.45, 7) is 8.27. The predicted molar refractivity (Wildman–Crippen MR) is 120 cm³/mol. The van der Waals surface area contributed by atoms with Gasteiger partial charge in [-0.05, 0) is 39.3 Å². The van der Waals surface area contributed by atoms with Crippen LogP contribution in [0.5, 0.6) is 17.2 Å². The molecular weight excluding hydrogens is 442 g/mol. The minimum Gasteiger partial charge on any atom is -0.490 e. The number of carbonyl (C=O) groups excluding carboxylic acids is 2. The number of ether oxygens (including phenoxy) is 4. The average Bonchev–Trinajstić information content (AvgIpc) is 3.20. The lowest BCUT2D eigenvalue weighted by molar-refractivity contribution is -0.119. The summed E-state index contributed by atoms with van der Waals surface area (Å²) < 4.78 is 26.1. The van der Waals surface area contributed by atoms with Gasteiger partial charge in [0, 0.05) is 17.3 Å². The lowest BCUT2D eigenvalue weighted by Gasteiger charge is -2.16. The molecule has 1 aromatic carbocycles. The van der Waals surface area contributed by atoms with Crippen molar-refractivity contribution in [1.29, 1.82) is 0 Å². The molecule has 0 aliphatic heterocycles. The molecule has 0 spiro atoms. The van der Waals surface area contributed by atoms with E-state index in [1.807, 2.05) is 20.8 Å². The van der Waals surface area contributed by atoms with Gasteiger partial charge in [-0.25, -0.2) is 4.79 Å². The maximum Gasteiger partial charge on any atom is 0.338 e. The zero-order valence-corrected chi connectivity index (χ0v) is 19.7. The van der Waals surface area contributed by atoms with Crippen molar-refractivity contribution in [2.75, 3.05) is 37.5 Å². The Morgan fingerprint density at radius 1 is 1.03 bits per heavy atom. The summed E-state index contributed by atoms with van der Waals surface area (Å²) in [5.41, 5.74) is 0.192. The first-order valence-corrected chi connectivity index (χ1v) is 11.8. The standard InChI is InChI=1S/C20H27N3O6S2/c1-5-9-30-20-22-19(31-23-20)21-16(24)12-29-18(25)13-10-14(26-6-2)17(28-8-4)15(11-13)27-7-3/h10-11H,5-9,12H2,1-4H3,(H,21,22,23,24). The topological polar surface area (TPSA) is 109 Å². The number of thioether (sulfide) groups is 1. The summed E-state index contributed by atoms with van der Waals surface area (Å²) in [7, 11) is 0. The van der Waals surface area contributed by atoms with Crippen molar-refractivity contribution in [3.05, 3.63) is 17.7 Å². The molecule has 1 amide bonds. The molecule has 0 radical (unpaired) electrons. The Kier molecular flexibility index (Phi) is 10.4. The molecule has 0 fully saturated rings. The molecule has 0 atom stereocenters. The fraction of sp³-hybridized carbons (Fsp3) is 0.500. The third-order valence-corrected chi connectivity index (χ3v) is 5.37. The molecule has 0 aliphatic carbocycles. The second-order valence-electron chi connectivity index (χ2n) is 5.96. The molecule has 0 bridgehead atoms. The summed E-state index contributed by atoms with van der Waals surface area (Å²) in [5, 5.41) is 3.55. The van der Waals surface area contributed by atoms with Crippen molar-refractivity contribution in [2.45, 2.75) is 39.3 Å². The lowest BCUT2D eigenvalue weighted by atomic mass is 10.2. The number of benzene rings is 1. The highest BCUT2D eigenvalue weighted by Crippen LogP contribution is 2.39. The molecule has 2 aromatic rings. The molecule has 9 nitrogen and oxygen atoms in total. The van der Waals surface area contributed by atoms with Gasteiger partial charge in [0.05, 0.1) is 25.4 Å². The molecule has 1 N–H and O–H groups in total. The van der Waals surface area contributed by atoms with Gasteiger partial charge in [0.1, 0.15) is 0 Å². The fourth-order valence-corrected chi connectivity index (χ4v) is 3.80. The predicted octanol–water partition coefficient (Wildman–Crippen LogP) is 4.03. The van der Waals surface area contributed by atoms with Crippen LogP contribution < -0.4 is 19.5 Å². The highest BCUT2D eigenvalue weighted by Gasteiger charge is 2.20. The number of aromatic nitrogens is 2. The second-order valence-corrected chi connectivity index (χ2v) is 7.77. The first-order valence-electron chi connectivity index (χ1n) is 10.0. The van der Waals surface area contributed by atoms with Gasteiger partial charge in [0.25, 0.3) is 5.91 Å². The van der Waals surface area contributed by atoms with Gasteiger partial charge in [-0.2, -0.15) is 9.36 Å². The number of carbonyl (C=O) groups is 2. The van der Waals surface area contributed by atoms with Crippen LogP contribution in [0.4, 0.5) is 5.13 Å². The molecule has 2 rings (SSSR count). The first-order chi connectivity index (χ1) is 15.0. The van der Waals surface area contributed by atoms with Crippen molar-refractivity contribution in [2.24, 2.45) is 0 Å². The van der Waals surface area contributed by atoms with Gasteiger partial charge >= 0.3 is 5.97 Å². The van der Waals surface area contributed by atoms with Crippen molar-refractivity contribution in [3.8, 4) is 17.2 Å². The Labute approximate surface area is 190 Å². The van der Waals surface area contributed by atoms with Crippen LogP contribution in [0.15, 0.2) is 17.3 Å². The smallest absolute Gasteiger partial charge is 0.338 e. The Bertz CT molecular complexity index is 847. The molecule has 11 heteroatoms. The Morgan fingerprint density at radius 3 is 2.26 bits per heavy atom. The summed E-state index contributed by atoms with van der Waals surface area (Å²) >= 11 is 2.60. The molecule has 31 heavy (non-hydrogen) atoms. The third kappa shape index (κ3) is 7.59. The van der Waals surface area contributed by atoms with Gasteiger partial charge < -0.3 is 18.9 Å². The van der Waals surface area contributed by atoms with Crippen molar-refractivity contribution in [1.82, 2.24) is 9.36 Å². The number of nitrogens with one attached hydrogen (secondary N) is 1. The molecular formula is C20H27N3O6S2. The molecule has 1 aromatic heterocycles. The van der Waals surface area contributed by atoms with E-state index in [-0.39, 0.29) is 5.56 Å². The van der Waals surface area contributed by atoms with E-state index in [0.717, 1.165) is 23.7 Å². The number of nitrogens with zero attached hydrogens (tertiary/aromatic N) is 2. The largest absolute Gasteiger partial charge is 0.490 e. The van der Waals surface area contributed by atoms with Crippen LogP contribution in [0.1, 0.15) is 44.5 Å². The maximum absolute atomic E-state index is 12.5. The average molecular weight is 470 g/mol. The minimum atomic E-state index is -0.684. The van der Waals surface area contributed by atoms with Crippen LogP contribution in [0.2, 0.25) is 0 Å². The molecule has 170 valence electrons. The van der Waals surface area contributed by atoms with Crippen molar-refractivity contribution in [3.63, 3.8) is 0 Å². The molecule has 1 heterocycles. The van der Waals surface area contributed by atoms with E-state index < -0.39 is 18.5 Å². The second kappa shape index (κ2) is 13.0. The SMILES string of the molecule is CCCSc1nsc(NC(=O)COC(=O)c2cc(OCC)c(OCC)c(OCC)c2)n1. The quantitative estimate of drug-likeness (QED) is 0.343. The van der Waals surface area contributed by atoms with E-state index in [1.54, 1.807) is 0 Å². The Morgan fingerprint density at radius 2 is 1.68 bits per heavy atom. The summed E-state index contributed by atoms with van der Waals surface area (Å²) in [6.07, 6.45) is 1.00. The summed E-state index contributed by atoms with van der Waals surface area (Å²) in [4.78, 5) is 28.9. The van der Waals surface area contributed by atoms with Crippen LogP contribution in [0.3, 0.4) is 0 Å². The van der Waals surface area contributed by atoms with Gasteiger partial charge in [0.15, 0.2) is 18.1 Å². The summed E-state index contributed by atoms with van der Waals surface area (Å²) in [5.74, 6) is 0.884. The zero-order valence-electron chi connectivity index (χ0n) is 18.1. The molecule has 0 saturated heterocycles.